The minimum Gasteiger partial charge on any atom is -0.482 e. The molecule has 19 heavy (non-hydrogen) atoms. The van der Waals surface area contributed by atoms with Crippen LogP contribution >= 0.6 is 0 Å². The van der Waals surface area contributed by atoms with E-state index in [0.29, 0.717) is 30.0 Å². The highest BCUT2D eigenvalue weighted by Crippen LogP contribution is 2.28. The zero-order valence-electron chi connectivity index (χ0n) is 10.6. The maximum atomic E-state index is 11.8. The van der Waals surface area contributed by atoms with Crippen molar-refractivity contribution in [3.8, 4) is 5.75 Å². The van der Waals surface area contributed by atoms with Crippen molar-refractivity contribution in [2.75, 3.05) is 18.5 Å². The first-order valence-electron chi connectivity index (χ1n) is 6.09. The first-order valence-corrected chi connectivity index (χ1v) is 6.09. The minimum absolute atomic E-state index is 0.00701. The summed E-state index contributed by atoms with van der Waals surface area (Å²) in [4.78, 5) is 23.0. The molecule has 3 N–H and O–H groups in total. The van der Waals surface area contributed by atoms with Crippen LogP contribution in [0.4, 0.5) is 5.69 Å². The monoisotopic (exact) mass is 264 g/mol. The smallest absolute Gasteiger partial charge is 0.262 e. The van der Waals surface area contributed by atoms with Crippen LogP contribution in [-0.2, 0) is 4.79 Å². The molecule has 1 aliphatic rings. The summed E-state index contributed by atoms with van der Waals surface area (Å²) in [5, 5.41) is 14.4. The largest absolute Gasteiger partial charge is 0.482 e. The van der Waals surface area contributed by atoms with Crippen molar-refractivity contribution in [2.45, 2.75) is 19.4 Å². The number of hydrogen-bond donors (Lipinski definition) is 3. The molecule has 1 heterocycles. The van der Waals surface area contributed by atoms with Crippen LogP contribution in [0.25, 0.3) is 0 Å². The third-order valence-electron chi connectivity index (χ3n) is 2.72. The number of carbonyl (C=O) groups excluding carboxylic acids is 2. The van der Waals surface area contributed by atoms with Gasteiger partial charge in [0.25, 0.3) is 11.8 Å². The Bertz CT molecular complexity index is 499. The molecule has 1 atom stereocenters. The van der Waals surface area contributed by atoms with E-state index in [4.69, 9.17) is 9.84 Å². The normalized spacial score (nSPS) is 14.9. The lowest BCUT2D eigenvalue weighted by molar-refractivity contribution is -0.118. The summed E-state index contributed by atoms with van der Waals surface area (Å²) in [6.45, 7) is 2.06. The van der Waals surface area contributed by atoms with E-state index < -0.39 is 6.10 Å². The van der Waals surface area contributed by atoms with Crippen molar-refractivity contribution < 1.29 is 19.4 Å². The quantitative estimate of drug-likeness (QED) is 0.739. The van der Waals surface area contributed by atoms with Gasteiger partial charge in [-0.1, -0.05) is 0 Å². The highest BCUT2D eigenvalue weighted by Gasteiger charge is 2.17. The number of nitrogens with one attached hydrogen (secondary N) is 2. The summed E-state index contributed by atoms with van der Waals surface area (Å²) in [6, 6.07) is 4.86. The molecule has 6 nitrogen and oxygen atoms in total. The predicted molar refractivity (Wildman–Crippen MR) is 69.2 cm³/mol. The predicted octanol–water partition coefficient (Wildman–Crippen LogP) is 0.518. The molecule has 1 aromatic rings. The van der Waals surface area contributed by atoms with Crippen molar-refractivity contribution in [1.82, 2.24) is 5.32 Å². The van der Waals surface area contributed by atoms with Gasteiger partial charge < -0.3 is 20.5 Å². The van der Waals surface area contributed by atoms with Gasteiger partial charge in [0.2, 0.25) is 0 Å². The number of hydrogen-bond acceptors (Lipinski definition) is 4. The number of aliphatic hydroxyl groups excluding tert-OH is 1. The van der Waals surface area contributed by atoms with Gasteiger partial charge in [-0.15, -0.1) is 0 Å². The highest BCUT2D eigenvalue weighted by molar-refractivity contribution is 5.99. The third-order valence-corrected chi connectivity index (χ3v) is 2.72. The van der Waals surface area contributed by atoms with Crippen LogP contribution in [0.1, 0.15) is 23.7 Å². The van der Waals surface area contributed by atoms with Crippen molar-refractivity contribution in [3.63, 3.8) is 0 Å². The standard InChI is InChI=1S/C13H16N2O4/c1-8(16)4-5-14-13(18)9-2-3-11-10(6-9)15-12(17)7-19-11/h2-3,6,8,16H,4-5,7H2,1H3,(H,14,18)(H,15,17). The molecular formula is C13H16N2O4. The van der Waals surface area contributed by atoms with Gasteiger partial charge in [0.15, 0.2) is 6.61 Å². The Kier molecular flexibility index (Phi) is 4.01. The van der Waals surface area contributed by atoms with Crippen LogP contribution in [0.2, 0.25) is 0 Å². The molecule has 0 saturated heterocycles. The fourth-order valence-corrected chi connectivity index (χ4v) is 1.72. The lowest BCUT2D eigenvalue weighted by Gasteiger charge is -2.18. The molecule has 6 heteroatoms. The Morgan fingerprint density at radius 3 is 3.11 bits per heavy atom. The van der Waals surface area contributed by atoms with Gasteiger partial charge in [0, 0.05) is 12.1 Å². The topological polar surface area (TPSA) is 87.7 Å². The number of fused-ring (bicyclic) bond motifs is 1. The average molecular weight is 264 g/mol. The SMILES string of the molecule is CC(O)CCNC(=O)c1ccc2c(c1)NC(=O)CO2. The van der Waals surface area contributed by atoms with Gasteiger partial charge in [-0.3, -0.25) is 9.59 Å². The van der Waals surface area contributed by atoms with E-state index in [9.17, 15) is 9.59 Å². The Morgan fingerprint density at radius 1 is 1.58 bits per heavy atom. The maximum absolute atomic E-state index is 11.8. The van der Waals surface area contributed by atoms with E-state index in [1.54, 1.807) is 25.1 Å². The number of benzene rings is 1. The van der Waals surface area contributed by atoms with Gasteiger partial charge >= 0.3 is 0 Å². The highest BCUT2D eigenvalue weighted by atomic mass is 16.5. The fraction of sp³-hybridized carbons (Fsp3) is 0.385. The summed E-state index contributed by atoms with van der Waals surface area (Å²) in [6.07, 6.45) is 0.0489. The van der Waals surface area contributed by atoms with E-state index in [1.165, 1.54) is 0 Å². The molecule has 0 bridgehead atoms. The van der Waals surface area contributed by atoms with E-state index in [0.717, 1.165) is 0 Å². The Hall–Kier alpha value is -2.08. The second kappa shape index (κ2) is 5.71. The molecule has 2 amide bonds. The molecule has 0 saturated carbocycles. The van der Waals surface area contributed by atoms with Crippen molar-refractivity contribution >= 4 is 17.5 Å². The third kappa shape index (κ3) is 3.45. The molecule has 1 unspecified atom stereocenters. The van der Waals surface area contributed by atoms with Crippen molar-refractivity contribution in [1.29, 1.82) is 0 Å². The maximum Gasteiger partial charge on any atom is 0.262 e. The fourth-order valence-electron chi connectivity index (χ4n) is 1.72. The van der Waals surface area contributed by atoms with E-state index in [-0.39, 0.29) is 18.4 Å². The molecule has 0 spiro atoms. The second-order valence-corrected chi connectivity index (χ2v) is 4.44. The Balaban J connectivity index is 2.02. The molecule has 2 rings (SSSR count). The summed E-state index contributed by atoms with van der Waals surface area (Å²) < 4.78 is 5.21. The van der Waals surface area contributed by atoms with Crippen LogP contribution in [-0.4, -0.2) is 36.2 Å². The molecule has 0 radical (unpaired) electrons. The average Bonchev–Trinajstić information content (AvgIpc) is 2.37. The van der Waals surface area contributed by atoms with E-state index in [2.05, 4.69) is 10.6 Å². The first kappa shape index (κ1) is 13.4. The molecule has 0 aromatic heterocycles. The zero-order valence-corrected chi connectivity index (χ0v) is 10.6. The minimum atomic E-state index is -0.448. The second-order valence-electron chi connectivity index (χ2n) is 4.44. The number of anilines is 1. The molecule has 0 aliphatic carbocycles. The Labute approximate surface area is 110 Å². The van der Waals surface area contributed by atoms with Crippen LogP contribution in [0.3, 0.4) is 0 Å². The van der Waals surface area contributed by atoms with Crippen LogP contribution in [0.5, 0.6) is 5.75 Å². The van der Waals surface area contributed by atoms with Crippen LogP contribution < -0.4 is 15.4 Å². The van der Waals surface area contributed by atoms with Gasteiger partial charge in [-0.25, -0.2) is 0 Å². The number of amides is 2. The van der Waals surface area contributed by atoms with Gasteiger partial charge in [-0.2, -0.15) is 0 Å². The van der Waals surface area contributed by atoms with Gasteiger partial charge in [0.05, 0.1) is 11.8 Å². The summed E-state index contributed by atoms with van der Waals surface area (Å²) in [5.74, 6) is 0.0718. The summed E-state index contributed by atoms with van der Waals surface area (Å²) in [5.41, 5.74) is 0.939. The van der Waals surface area contributed by atoms with Crippen LogP contribution in [0.15, 0.2) is 18.2 Å². The zero-order chi connectivity index (χ0) is 13.8. The first-order chi connectivity index (χ1) is 9.06. The molecular weight excluding hydrogens is 248 g/mol. The van der Waals surface area contributed by atoms with E-state index >= 15 is 0 Å². The number of carbonyl (C=O) groups is 2. The molecule has 0 fully saturated rings. The van der Waals surface area contributed by atoms with Crippen LogP contribution in [0, 0.1) is 0 Å². The lowest BCUT2D eigenvalue weighted by atomic mass is 10.1. The summed E-state index contributed by atoms with van der Waals surface area (Å²) >= 11 is 0. The van der Waals surface area contributed by atoms with Crippen molar-refractivity contribution in [3.05, 3.63) is 23.8 Å². The molecule has 102 valence electrons. The number of ether oxygens (including phenoxy) is 1. The van der Waals surface area contributed by atoms with E-state index in [1.807, 2.05) is 0 Å². The summed E-state index contributed by atoms with van der Waals surface area (Å²) in [7, 11) is 0. The Morgan fingerprint density at radius 2 is 2.37 bits per heavy atom. The lowest BCUT2D eigenvalue weighted by Crippen LogP contribution is -2.28. The van der Waals surface area contributed by atoms with Gasteiger partial charge in [0.1, 0.15) is 5.75 Å². The molecule has 1 aliphatic heterocycles. The molecule has 1 aromatic carbocycles. The van der Waals surface area contributed by atoms with Gasteiger partial charge in [-0.05, 0) is 31.5 Å². The number of aliphatic hydroxyl groups is 1. The van der Waals surface area contributed by atoms with Crippen molar-refractivity contribution in [2.24, 2.45) is 0 Å². The number of rotatable bonds is 4.